The van der Waals surface area contributed by atoms with E-state index in [-0.39, 0.29) is 0 Å². The highest BCUT2D eigenvalue weighted by atomic mass is 127. The fraction of sp³-hybridized carbons (Fsp3) is 0.385. The number of hydrogen-bond acceptors (Lipinski definition) is 4. The van der Waals surface area contributed by atoms with Gasteiger partial charge < -0.3 is 5.32 Å². The van der Waals surface area contributed by atoms with Gasteiger partial charge in [0, 0.05) is 28.1 Å². The summed E-state index contributed by atoms with van der Waals surface area (Å²) < 4.78 is 1.24. The maximum absolute atomic E-state index is 4.25. The van der Waals surface area contributed by atoms with Gasteiger partial charge in [-0.15, -0.1) is 10.2 Å². The van der Waals surface area contributed by atoms with Crippen molar-refractivity contribution >= 4 is 33.9 Å². The van der Waals surface area contributed by atoms with Crippen molar-refractivity contribution in [2.24, 2.45) is 0 Å². The lowest BCUT2D eigenvalue weighted by molar-refractivity contribution is 0.588. The molecule has 0 amide bonds. The van der Waals surface area contributed by atoms with Gasteiger partial charge in [0.1, 0.15) is 10.0 Å². The minimum atomic E-state index is 0.522. The Hall–Kier alpha value is -0.530. The van der Waals surface area contributed by atoms with E-state index in [0.29, 0.717) is 6.04 Å². The van der Waals surface area contributed by atoms with Gasteiger partial charge in [-0.05, 0) is 34.7 Å². The van der Waals surface area contributed by atoms with Crippen molar-refractivity contribution in [1.29, 1.82) is 0 Å². The Labute approximate surface area is 125 Å². The summed E-state index contributed by atoms with van der Waals surface area (Å²) in [6.07, 6.45) is 0.945. The number of rotatable bonds is 5. The molecule has 18 heavy (non-hydrogen) atoms. The van der Waals surface area contributed by atoms with Gasteiger partial charge >= 0.3 is 0 Å². The first-order valence-corrected chi connectivity index (χ1v) is 7.86. The number of aromatic nitrogens is 2. The maximum Gasteiger partial charge on any atom is 0.147 e. The molecule has 1 heterocycles. The van der Waals surface area contributed by atoms with Crippen molar-refractivity contribution in [3.05, 3.63) is 32.8 Å². The molecule has 0 fully saturated rings. The Balaban J connectivity index is 1.99. The lowest BCUT2D eigenvalue weighted by Gasteiger charge is -2.05. The van der Waals surface area contributed by atoms with E-state index in [1.807, 2.05) is 0 Å². The van der Waals surface area contributed by atoms with E-state index < -0.39 is 0 Å². The molecule has 1 aromatic carbocycles. The van der Waals surface area contributed by atoms with Crippen molar-refractivity contribution in [2.75, 3.05) is 6.54 Å². The summed E-state index contributed by atoms with van der Waals surface area (Å²) >= 11 is 3.98. The van der Waals surface area contributed by atoms with Gasteiger partial charge in [-0.1, -0.05) is 37.3 Å². The van der Waals surface area contributed by atoms with Gasteiger partial charge in [-0.25, -0.2) is 0 Å². The quantitative estimate of drug-likeness (QED) is 0.817. The molecule has 0 saturated heterocycles. The smallest absolute Gasteiger partial charge is 0.147 e. The Kier molecular flexibility index (Phi) is 5.08. The Bertz CT molecular complexity index is 493. The third-order valence-corrected chi connectivity index (χ3v) is 4.20. The summed E-state index contributed by atoms with van der Waals surface area (Å²) in [5, 5.41) is 14.0. The molecule has 0 bridgehead atoms. The molecule has 0 saturated carbocycles. The third-order valence-electron chi connectivity index (χ3n) is 2.45. The summed E-state index contributed by atoms with van der Waals surface area (Å²) in [6.45, 7) is 5.26. The average molecular weight is 373 g/mol. The second kappa shape index (κ2) is 6.58. The zero-order valence-electron chi connectivity index (χ0n) is 10.5. The zero-order chi connectivity index (χ0) is 13.0. The molecule has 2 rings (SSSR count). The van der Waals surface area contributed by atoms with Gasteiger partial charge in [-0.2, -0.15) is 0 Å². The monoisotopic (exact) mass is 373 g/mol. The van der Waals surface area contributed by atoms with Crippen molar-refractivity contribution in [3.8, 4) is 10.6 Å². The van der Waals surface area contributed by atoms with E-state index in [2.05, 4.69) is 76.2 Å². The summed E-state index contributed by atoms with van der Waals surface area (Å²) in [5.74, 6) is 0. The highest BCUT2D eigenvalue weighted by molar-refractivity contribution is 14.1. The Morgan fingerprint density at radius 2 is 1.94 bits per heavy atom. The molecule has 96 valence electrons. The number of benzene rings is 1. The van der Waals surface area contributed by atoms with E-state index in [1.165, 1.54) is 3.57 Å². The van der Waals surface area contributed by atoms with Crippen LogP contribution in [0.4, 0.5) is 0 Å². The lowest BCUT2D eigenvalue weighted by atomic mass is 10.2. The number of nitrogens with zero attached hydrogens (tertiary/aromatic N) is 2. The predicted octanol–water partition coefficient (Wildman–Crippen LogP) is 3.35. The summed E-state index contributed by atoms with van der Waals surface area (Å²) in [5.41, 5.74) is 1.15. The minimum Gasteiger partial charge on any atom is -0.314 e. The number of hydrogen-bond donors (Lipinski definition) is 1. The summed E-state index contributed by atoms with van der Waals surface area (Å²) in [4.78, 5) is 0. The number of nitrogens with one attached hydrogen (secondary N) is 1. The van der Waals surface area contributed by atoms with Crippen LogP contribution in [-0.4, -0.2) is 22.8 Å². The van der Waals surface area contributed by atoms with Crippen molar-refractivity contribution in [2.45, 2.75) is 26.3 Å². The van der Waals surface area contributed by atoms with E-state index in [4.69, 9.17) is 0 Å². The molecule has 0 radical (unpaired) electrons. The molecule has 0 aliphatic heterocycles. The highest BCUT2D eigenvalue weighted by Crippen LogP contribution is 2.24. The van der Waals surface area contributed by atoms with Crippen LogP contribution in [0.5, 0.6) is 0 Å². The van der Waals surface area contributed by atoms with E-state index in [9.17, 15) is 0 Å². The molecule has 1 aromatic heterocycles. The summed E-state index contributed by atoms with van der Waals surface area (Å²) in [6, 6.07) is 8.90. The van der Waals surface area contributed by atoms with Crippen LogP contribution in [0, 0.1) is 3.57 Å². The van der Waals surface area contributed by atoms with Gasteiger partial charge in [0.25, 0.3) is 0 Å². The molecule has 0 unspecified atom stereocenters. The first-order valence-electron chi connectivity index (χ1n) is 5.97. The van der Waals surface area contributed by atoms with E-state index >= 15 is 0 Å². The standard InChI is InChI=1S/C13H16IN3S/c1-9(2)15-8-7-12-16-17-13(18-12)10-3-5-11(14)6-4-10/h3-6,9,15H,7-8H2,1-2H3. The van der Waals surface area contributed by atoms with Gasteiger partial charge in [0.2, 0.25) is 0 Å². The SMILES string of the molecule is CC(C)NCCc1nnc(-c2ccc(I)cc2)s1. The molecule has 3 nitrogen and oxygen atoms in total. The Morgan fingerprint density at radius 3 is 2.61 bits per heavy atom. The van der Waals surface area contributed by atoms with Crippen LogP contribution in [0.1, 0.15) is 18.9 Å². The van der Waals surface area contributed by atoms with Crippen LogP contribution in [-0.2, 0) is 6.42 Å². The fourth-order valence-electron chi connectivity index (χ4n) is 1.53. The maximum atomic E-state index is 4.25. The Morgan fingerprint density at radius 1 is 1.22 bits per heavy atom. The summed E-state index contributed by atoms with van der Waals surface area (Å²) in [7, 11) is 0. The molecular weight excluding hydrogens is 357 g/mol. The molecule has 0 spiro atoms. The van der Waals surface area contributed by atoms with Crippen LogP contribution in [0.15, 0.2) is 24.3 Å². The van der Waals surface area contributed by atoms with Crippen molar-refractivity contribution in [1.82, 2.24) is 15.5 Å². The van der Waals surface area contributed by atoms with Crippen LogP contribution in [0.3, 0.4) is 0 Å². The van der Waals surface area contributed by atoms with Crippen LogP contribution in [0.2, 0.25) is 0 Å². The molecular formula is C13H16IN3S. The van der Waals surface area contributed by atoms with Gasteiger partial charge in [0.05, 0.1) is 0 Å². The molecule has 1 N–H and O–H groups in total. The minimum absolute atomic E-state index is 0.522. The van der Waals surface area contributed by atoms with Crippen molar-refractivity contribution < 1.29 is 0 Å². The first kappa shape index (κ1) is 13.9. The second-order valence-electron chi connectivity index (χ2n) is 4.37. The third kappa shape index (κ3) is 4.00. The molecule has 0 aliphatic carbocycles. The molecule has 5 heteroatoms. The fourth-order valence-corrected chi connectivity index (χ4v) is 2.74. The van der Waals surface area contributed by atoms with Crippen LogP contribution < -0.4 is 5.32 Å². The molecule has 0 atom stereocenters. The van der Waals surface area contributed by atoms with E-state index in [1.54, 1.807) is 11.3 Å². The molecule has 0 aliphatic rings. The molecule has 2 aromatic rings. The van der Waals surface area contributed by atoms with Crippen LogP contribution >= 0.6 is 33.9 Å². The normalized spacial score (nSPS) is 11.1. The largest absolute Gasteiger partial charge is 0.314 e. The first-order chi connectivity index (χ1) is 8.65. The second-order valence-corrected chi connectivity index (χ2v) is 6.67. The zero-order valence-corrected chi connectivity index (χ0v) is 13.5. The highest BCUT2D eigenvalue weighted by Gasteiger charge is 2.06. The van der Waals surface area contributed by atoms with Crippen LogP contribution in [0.25, 0.3) is 10.6 Å². The van der Waals surface area contributed by atoms with E-state index in [0.717, 1.165) is 28.5 Å². The topological polar surface area (TPSA) is 37.8 Å². The van der Waals surface area contributed by atoms with Gasteiger partial charge in [0.15, 0.2) is 0 Å². The predicted molar refractivity (Wildman–Crippen MR) is 84.9 cm³/mol. The lowest BCUT2D eigenvalue weighted by Crippen LogP contribution is -2.24. The van der Waals surface area contributed by atoms with Crippen molar-refractivity contribution in [3.63, 3.8) is 0 Å². The average Bonchev–Trinajstić information content (AvgIpc) is 2.78. The van der Waals surface area contributed by atoms with Gasteiger partial charge in [-0.3, -0.25) is 0 Å². The number of halogens is 1.